The van der Waals surface area contributed by atoms with Gasteiger partial charge in [0.1, 0.15) is 0 Å². The van der Waals surface area contributed by atoms with Crippen molar-refractivity contribution < 1.29 is 0 Å². The van der Waals surface area contributed by atoms with Crippen molar-refractivity contribution in [3.8, 4) is 0 Å². The smallest absolute Gasteiger partial charge is 0.0938 e. The summed E-state index contributed by atoms with van der Waals surface area (Å²) in [6.45, 7) is 0. The van der Waals surface area contributed by atoms with Gasteiger partial charge in [0.25, 0.3) is 0 Å². The summed E-state index contributed by atoms with van der Waals surface area (Å²) in [7, 11) is 0. The fourth-order valence-electron chi connectivity index (χ4n) is 2.98. The van der Waals surface area contributed by atoms with Crippen LogP contribution < -0.4 is 11.3 Å². The molecule has 2 unspecified atom stereocenters. The number of fused-ring (bicyclic) bond motifs is 1. The molecule has 0 aliphatic heterocycles. The first-order valence-corrected chi connectivity index (χ1v) is 7.53. The molecule has 2 atom stereocenters. The topological polar surface area (TPSA) is 63.8 Å². The second-order valence-electron chi connectivity index (χ2n) is 5.07. The molecule has 0 saturated heterocycles. The Balaban J connectivity index is 1.80. The molecule has 1 aromatic heterocycles. The summed E-state index contributed by atoms with van der Waals surface area (Å²) in [5, 5.41) is 6.11. The number of hydrogen-bond donors (Lipinski definition) is 2. The number of nitrogens with zero attached hydrogens (tertiary/aromatic N) is 2. The molecule has 0 fully saturated rings. The minimum atomic E-state index is 0.0925. The summed E-state index contributed by atoms with van der Waals surface area (Å²) in [6, 6.07) is 8.86. The lowest BCUT2D eigenvalue weighted by atomic mass is 9.79. The van der Waals surface area contributed by atoms with Crippen molar-refractivity contribution in [3.63, 3.8) is 0 Å². The van der Waals surface area contributed by atoms with E-state index in [9.17, 15) is 0 Å². The van der Waals surface area contributed by atoms with Crippen molar-refractivity contribution in [2.24, 2.45) is 5.84 Å². The predicted octanol–water partition coefficient (Wildman–Crippen LogP) is 2.55. The van der Waals surface area contributed by atoms with Gasteiger partial charge in [-0.1, -0.05) is 28.8 Å². The molecule has 0 spiro atoms. The molecule has 1 aliphatic rings. The van der Waals surface area contributed by atoms with Gasteiger partial charge >= 0.3 is 0 Å². The third-order valence-corrected chi connectivity index (χ3v) is 4.47. The molecule has 3 rings (SSSR count). The monoisotopic (exact) mass is 274 g/mol. The highest BCUT2D eigenvalue weighted by atomic mass is 32.1. The number of rotatable bonds is 4. The average Bonchev–Trinajstić information content (AvgIpc) is 2.99. The van der Waals surface area contributed by atoms with E-state index in [2.05, 4.69) is 39.3 Å². The minimum absolute atomic E-state index is 0.0925. The van der Waals surface area contributed by atoms with Crippen molar-refractivity contribution in [1.29, 1.82) is 0 Å². The van der Waals surface area contributed by atoms with Crippen LogP contribution in [-0.4, -0.2) is 9.59 Å². The Morgan fingerprint density at radius 2 is 2.32 bits per heavy atom. The number of nitrogens with two attached hydrogens (primary N) is 1. The van der Waals surface area contributed by atoms with E-state index >= 15 is 0 Å². The normalized spacial score (nSPS) is 19.9. The van der Waals surface area contributed by atoms with E-state index in [0.717, 1.165) is 12.1 Å². The Kier molecular flexibility index (Phi) is 3.87. The maximum absolute atomic E-state index is 5.69. The van der Waals surface area contributed by atoms with Crippen molar-refractivity contribution in [2.75, 3.05) is 0 Å². The van der Waals surface area contributed by atoms with Gasteiger partial charge in [-0.3, -0.25) is 11.3 Å². The highest BCUT2D eigenvalue weighted by Gasteiger charge is 2.24. The van der Waals surface area contributed by atoms with E-state index in [1.807, 2.05) is 5.38 Å². The van der Waals surface area contributed by atoms with Crippen molar-refractivity contribution >= 4 is 11.5 Å². The standard InChI is InChI=1S/C14H18N4S/c15-16-13(14-9-19-18-17-14)8-11-6-3-5-10-4-1-2-7-12(10)11/h1-2,4,7,9,11,13,16H,3,5-6,8,15H2. The van der Waals surface area contributed by atoms with Crippen LogP contribution in [0.25, 0.3) is 0 Å². The molecular formula is C14H18N4S. The van der Waals surface area contributed by atoms with Gasteiger partial charge < -0.3 is 0 Å². The molecule has 1 aliphatic carbocycles. The second kappa shape index (κ2) is 5.77. The van der Waals surface area contributed by atoms with Crippen LogP contribution in [0.5, 0.6) is 0 Å². The first-order chi connectivity index (χ1) is 9.38. The number of aryl methyl sites for hydroxylation is 1. The lowest BCUT2D eigenvalue weighted by Gasteiger charge is -2.28. The Morgan fingerprint density at radius 1 is 1.42 bits per heavy atom. The summed E-state index contributed by atoms with van der Waals surface area (Å²) in [6.07, 6.45) is 4.67. The van der Waals surface area contributed by atoms with Crippen LogP contribution in [0.15, 0.2) is 29.6 Å². The minimum Gasteiger partial charge on any atom is -0.271 e. The Hall–Kier alpha value is -1.30. The zero-order valence-corrected chi connectivity index (χ0v) is 11.6. The molecule has 3 N–H and O–H groups in total. The Labute approximate surface area is 117 Å². The van der Waals surface area contributed by atoms with Crippen LogP contribution in [0.2, 0.25) is 0 Å². The van der Waals surface area contributed by atoms with Crippen LogP contribution >= 0.6 is 11.5 Å². The quantitative estimate of drug-likeness (QED) is 0.664. The van der Waals surface area contributed by atoms with Crippen molar-refractivity contribution in [2.45, 2.75) is 37.6 Å². The van der Waals surface area contributed by atoms with Crippen LogP contribution in [0.1, 0.15) is 48.0 Å². The van der Waals surface area contributed by atoms with Gasteiger partial charge in [0.15, 0.2) is 0 Å². The number of benzene rings is 1. The van der Waals surface area contributed by atoms with Crippen LogP contribution in [0, 0.1) is 0 Å². The van der Waals surface area contributed by atoms with Crippen molar-refractivity contribution in [1.82, 2.24) is 15.0 Å². The zero-order valence-electron chi connectivity index (χ0n) is 10.7. The number of hydrazine groups is 1. The molecule has 5 heteroatoms. The molecule has 0 saturated carbocycles. The highest BCUT2D eigenvalue weighted by molar-refractivity contribution is 7.03. The summed E-state index contributed by atoms with van der Waals surface area (Å²) >= 11 is 1.37. The number of aromatic nitrogens is 2. The van der Waals surface area contributed by atoms with Gasteiger partial charge in [0.2, 0.25) is 0 Å². The second-order valence-corrected chi connectivity index (χ2v) is 5.68. The SMILES string of the molecule is NNC(CC1CCCc2ccccc21)c1csnn1. The van der Waals surface area contributed by atoms with Crippen LogP contribution in [0.4, 0.5) is 0 Å². The Morgan fingerprint density at radius 3 is 3.11 bits per heavy atom. The van der Waals surface area contributed by atoms with Gasteiger partial charge in [-0.05, 0) is 54.3 Å². The molecular weight excluding hydrogens is 256 g/mol. The maximum atomic E-state index is 5.69. The van der Waals surface area contributed by atoms with Crippen LogP contribution in [0.3, 0.4) is 0 Å². The molecule has 0 bridgehead atoms. The fourth-order valence-corrected chi connectivity index (χ4v) is 3.49. The first-order valence-electron chi connectivity index (χ1n) is 6.69. The van der Waals surface area contributed by atoms with Gasteiger partial charge in [-0.25, -0.2) is 0 Å². The molecule has 19 heavy (non-hydrogen) atoms. The van der Waals surface area contributed by atoms with E-state index in [4.69, 9.17) is 5.84 Å². The van der Waals surface area contributed by atoms with E-state index in [-0.39, 0.29) is 6.04 Å². The van der Waals surface area contributed by atoms with E-state index < -0.39 is 0 Å². The summed E-state index contributed by atoms with van der Waals surface area (Å²) in [5.74, 6) is 6.25. The third-order valence-electron chi connectivity index (χ3n) is 3.95. The Bertz CT molecular complexity index is 526. The van der Waals surface area contributed by atoms with Crippen molar-refractivity contribution in [3.05, 3.63) is 46.5 Å². The van der Waals surface area contributed by atoms with Crippen LogP contribution in [-0.2, 0) is 6.42 Å². The largest absolute Gasteiger partial charge is 0.271 e. The molecule has 0 amide bonds. The predicted molar refractivity (Wildman–Crippen MR) is 76.7 cm³/mol. The summed E-state index contributed by atoms with van der Waals surface area (Å²) in [4.78, 5) is 0. The van der Waals surface area contributed by atoms with E-state index in [1.165, 1.54) is 41.9 Å². The van der Waals surface area contributed by atoms with Gasteiger partial charge in [-0.15, -0.1) is 5.10 Å². The lowest BCUT2D eigenvalue weighted by molar-refractivity contribution is 0.419. The first kappa shape index (κ1) is 12.7. The van der Waals surface area contributed by atoms with Gasteiger partial charge in [0.05, 0.1) is 11.7 Å². The average molecular weight is 274 g/mol. The van der Waals surface area contributed by atoms with E-state index in [0.29, 0.717) is 5.92 Å². The van der Waals surface area contributed by atoms with Gasteiger partial charge in [-0.2, -0.15) is 0 Å². The molecule has 1 heterocycles. The molecule has 4 nitrogen and oxygen atoms in total. The zero-order chi connectivity index (χ0) is 13.1. The highest BCUT2D eigenvalue weighted by Crippen LogP contribution is 2.37. The molecule has 1 aromatic carbocycles. The van der Waals surface area contributed by atoms with Gasteiger partial charge in [0, 0.05) is 5.38 Å². The molecule has 0 radical (unpaired) electrons. The number of nitrogens with one attached hydrogen (secondary N) is 1. The number of hydrogen-bond acceptors (Lipinski definition) is 5. The fraction of sp³-hybridized carbons (Fsp3) is 0.429. The maximum Gasteiger partial charge on any atom is 0.0938 e. The summed E-state index contributed by atoms with van der Waals surface area (Å²) < 4.78 is 3.92. The molecule has 2 aromatic rings. The third kappa shape index (κ3) is 2.68. The summed E-state index contributed by atoms with van der Waals surface area (Å²) in [5.41, 5.74) is 6.82. The van der Waals surface area contributed by atoms with E-state index in [1.54, 1.807) is 0 Å². The molecule has 100 valence electrons. The lowest BCUT2D eigenvalue weighted by Crippen LogP contribution is -2.30.